The number of nitrogen functional groups attached to an aromatic ring is 1. The maximum atomic E-state index is 6.20. The number of nitrogens with zero attached hydrogens (tertiary/aromatic N) is 2. The Morgan fingerprint density at radius 1 is 1.37 bits per heavy atom. The Labute approximate surface area is 130 Å². The number of hydrogen-bond donors (Lipinski definition) is 2. The van der Waals surface area contributed by atoms with Gasteiger partial charge in [-0.1, -0.05) is 18.5 Å². The molecular formula is C13H14ClIN4. The topological polar surface area (TPSA) is 63.8 Å². The van der Waals surface area contributed by atoms with Crippen LogP contribution in [0.5, 0.6) is 0 Å². The molecule has 2 rings (SSSR count). The molecule has 6 heteroatoms. The summed E-state index contributed by atoms with van der Waals surface area (Å²) in [5.74, 6) is 1.91. The largest absolute Gasteiger partial charge is 0.383 e. The predicted octanol–water partition coefficient (Wildman–Crippen LogP) is 3.93. The highest BCUT2D eigenvalue weighted by molar-refractivity contribution is 14.1. The first-order valence-corrected chi connectivity index (χ1v) is 7.32. The summed E-state index contributed by atoms with van der Waals surface area (Å²) in [6, 6.07) is 5.80. The number of halogens is 2. The molecule has 2 aromatic rings. The zero-order chi connectivity index (χ0) is 14.0. The first-order chi connectivity index (χ1) is 9.01. The lowest BCUT2D eigenvalue weighted by Gasteiger charge is -2.12. The second-order valence-electron chi connectivity index (χ2n) is 4.10. The Hall–Kier alpha value is -1.08. The Balaban J connectivity index is 2.40. The molecule has 3 N–H and O–H groups in total. The molecule has 1 heterocycles. The average Bonchev–Trinajstić information content (AvgIpc) is 2.37. The highest BCUT2D eigenvalue weighted by atomic mass is 127. The molecule has 100 valence electrons. The van der Waals surface area contributed by atoms with Gasteiger partial charge in [-0.2, -0.15) is 0 Å². The Morgan fingerprint density at radius 3 is 2.74 bits per heavy atom. The van der Waals surface area contributed by atoms with Gasteiger partial charge >= 0.3 is 0 Å². The van der Waals surface area contributed by atoms with Crippen LogP contribution in [-0.4, -0.2) is 9.97 Å². The van der Waals surface area contributed by atoms with Crippen molar-refractivity contribution in [3.8, 4) is 0 Å². The highest BCUT2D eigenvalue weighted by Gasteiger charge is 2.09. The van der Waals surface area contributed by atoms with E-state index in [2.05, 4.69) is 37.9 Å². The van der Waals surface area contributed by atoms with Crippen molar-refractivity contribution in [2.24, 2.45) is 0 Å². The van der Waals surface area contributed by atoms with E-state index in [9.17, 15) is 0 Å². The number of benzene rings is 1. The van der Waals surface area contributed by atoms with Crippen LogP contribution < -0.4 is 11.1 Å². The Kier molecular flexibility index (Phi) is 4.46. The van der Waals surface area contributed by atoms with E-state index >= 15 is 0 Å². The van der Waals surface area contributed by atoms with Crippen LogP contribution in [0, 0.1) is 10.5 Å². The lowest BCUT2D eigenvalue weighted by molar-refractivity contribution is 0.940. The number of hydrogen-bond acceptors (Lipinski definition) is 4. The molecule has 0 bridgehead atoms. The molecule has 1 aromatic heterocycles. The maximum absolute atomic E-state index is 6.20. The van der Waals surface area contributed by atoms with E-state index in [1.165, 1.54) is 0 Å². The second kappa shape index (κ2) is 5.92. The Morgan fingerprint density at radius 2 is 2.11 bits per heavy atom. The van der Waals surface area contributed by atoms with E-state index in [1.54, 1.807) is 0 Å². The SMILES string of the molecule is CCc1nc(N)c(C)c(Nc2ccc(I)cc2Cl)n1. The van der Waals surface area contributed by atoms with Gasteiger partial charge in [-0.3, -0.25) is 0 Å². The van der Waals surface area contributed by atoms with Gasteiger partial charge in [0.1, 0.15) is 17.5 Å². The fraction of sp³-hybridized carbons (Fsp3) is 0.231. The molecule has 0 fully saturated rings. The van der Waals surface area contributed by atoms with Gasteiger partial charge in [0, 0.05) is 15.6 Å². The van der Waals surface area contributed by atoms with Gasteiger partial charge in [0.25, 0.3) is 0 Å². The molecular weight excluding hydrogens is 375 g/mol. The van der Waals surface area contributed by atoms with Gasteiger partial charge in [-0.25, -0.2) is 9.97 Å². The molecule has 0 aliphatic carbocycles. The third-order valence-corrected chi connectivity index (χ3v) is 3.71. The fourth-order valence-corrected chi connectivity index (χ4v) is 2.48. The summed E-state index contributed by atoms with van der Waals surface area (Å²) in [5.41, 5.74) is 7.52. The lowest BCUT2D eigenvalue weighted by atomic mass is 10.2. The Bertz CT molecular complexity index is 616. The number of aryl methyl sites for hydroxylation is 1. The minimum absolute atomic E-state index is 0.496. The molecule has 0 atom stereocenters. The van der Waals surface area contributed by atoms with Crippen molar-refractivity contribution in [1.29, 1.82) is 0 Å². The zero-order valence-electron chi connectivity index (χ0n) is 10.7. The van der Waals surface area contributed by atoms with Crippen LogP contribution in [0.1, 0.15) is 18.3 Å². The standard InChI is InChI=1S/C13H14ClIN4/c1-3-11-18-12(16)7(2)13(19-11)17-10-5-4-8(15)6-9(10)14/h4-6H,3H2,1-2H3,(H3,16,17,18,19). The molecule has 4 nitrogen and oxygen atoms in total. The number of anilines is 3. The van der Waals surface area contributed by atoms with Crippen LogP contribution in [0.15, 0.2) is 18.2 Å². The monoisotopic (exact) mass is 388 g/mol. The van der Waals surface area contributed by atoms with Crippen molar-refractivity contribution < 1.29 is 0 Å². The normalized spacial score (nSPS) is 10.5. The van der Waals surface area contributed by atoms with Gasteiger partial charge in [-0.15, -0.1) is 0 Å². The van der Waals surface area contributed by atoms with E-state index in [-0.39, 0.29) is 0 Å². The van der Waals surface area contributed by atoms with Gasteiger partial charge in [0.05, 0.1) is 10.7 Å². The first-order valence-electron chi connectivity index (χ1n) is 5.86. The molecule has 0 spiro atoms. The van der Waals surface area contributed by atoms with Gasteiger partial charge < -0.3 is 11.1 Å². The second-order valence-corrected chi connectivity index (χ2v) is 5.75. The smallest absolute Gasteiger partial charge is 0.139 e. The van der Waals surface area contributed by atoms with Crippen LogP contribution in [0.3, 0.4) is 0 Å². The zero-order valence-corrected chi connectivity index (χ0v) is 13.6. The summed E-state index contributed by atoms with van der Waals surface area (Å²) >= 11 is 8.42. The molecule has 19 heavy (non-hydrogen) atoms. The number of nitrogens with two attached hydrogens (primary N) is 1. The van der Waals surface area contributed by atoms with E-state index < -0.39 is 0 Å². The van der Waals surface area contributed by atoms with E-state index in [4.69, 9.17) is 17.3 Å². The minimum Gasteiger partial charge on any atom is -0.383 e. The average molecular weight is 389 g/mol. The van der Waals surface area contributed by atoms with E-state index in [0.717, 1.165) is 21.2 Å². The summed E-state index contributed by atoms with van der Waals surface area (Å²) in [5, 5.41) is 3.87. The molecule has 0 aliphatic heterocycles. The predicted molar refractivity (Wildman–Crippen MR) is 88.0 cm³/mol. The van der Waals surface area contributed by atoms with E-state index in [1.807, 2.05) is 32.0 Å². The maximum Gasteiger partial charge on any atom is 0.139 e. The molecule has 0 radical (unpaired) electrons. The van der Waals surface area contributed by atoms with Crippen molar-refractivity contribution >= 4 is 51.5 Å². The number of rotatable bonds is 3. The van der Waals surface area contributed by atoms with Crippen LogP contribution in [0.4, 0.5) is 17.3 Å². The molecule has 0 saturated heterocycles. The van der Waals surface area contributed by atoms with Gasteiger partial charge in [0.15, 0.2) is 0 Å². The minimum atomic E-state index is 0.496. The highest BCUT2D eigenvalue weighted by Crippen LogP contribution is 2.28. The van der Waals surface area contributed by atoms with Crippen molar-refractivity contribution in [3.05, 3.63) is 38.2 Å². The molecule has 1 aromatic carbocycles. The molecule has 0 amide bonds. The molecule has 0 unspecified atom stereocenters. The fourth-order valence-electron chi connectivity index (χ4n) is 1.58. The van der Waals surface area contributed by atoms with Crippen LogP contribution in [0.2, 0.25) is 5.02 Å². The third-order valence-electron chi connectivity index (χ3n) is 2.73. The van der Waals surface area contributed by atoms with Crippen molar-refractivity contribution in [3.63, 3.8) is 0 Å². The molecule has 0 aliphatic rings. The van der Waals surface area contributed by atoms with Crippen molar-refractivity contribution in [2.75, 3.05) is 11.1 Å². The lowest BCUT2D eigenvalue weighted by Crippen LogP contribution is -2.06. The summed E-state index contributed by atoms with van der Waals surface area (Å²) in [4.78, 5) is 8.67. The van der Waals surface area contributed by atoms with Crippen molar-refractivity contribution in [2.45, 2.75) is 20.3 Å². The summed E-state index contributed by atoms with van der Waals surface area (Å²) < 4.78 is 1.08. The van der Waals surface area contributed by atoms with Gasteiger partial charge in [-0.05, 0) is 47.7 Å². The summed E-state index contributed by atoms with van der Waals surface area (Å²) in [6.45, 7) is 3.88. The van der Waals surface area contributed by atoms with Crippen LogP contribution in [-0.2, 0) is 6.42 Å². The van der Waals surface area contributed by atoms with E-state index in [0.29, 0.717) is 22.5 Å². The first kappa shape index (κ1) is 14.3. The van der Waals surface area contributed by atoms with Crippen molar-refractivity contribution in [1.82, 2.24) is 9.97 Å². The summed E-state index contributed by atoms with van der Waals surface area (Å²) in [7, 11) is 0. The molecule has 0 saturated carbocycles. The van der Waals surface area contributed by atoms with Gasteiger partial charge in [0.2, 0.25) is 0 Å². The van der Waals surface area contributed by atoms with Crippen LogP contribution >= 0.6 is 34.2 Å². The third kappa shape index (κ3) is 3.27. The quantitative estimate of drug-likeness (QED) is 0.782. The number of nitrogens with one attached hydrogen (secondary N) is 1. The number of aromatic nitrogens is 2. The summed E-state index contributed by atoms with van der Waals surface area (Å²) in [6.07, 6.45) is 0.736. The van der Waals surface area contributed by atoms with Crippen LogP contribution in [0.25, 0.3) is 0 Å².